The van der Waals surface area contributed by atoms with Crippen LogP contribution in [0.3, 0.4) is 0 Å². The van der Waals surface area contributed by atoms with E-state index in [1.807, 2.05) is 19.9 Å². The van der Waals surface area contributed by atoms with Crippen LogP contribution in [0.1, 0.15) is 12.5 Å². The van der Waals surface area contributed by atoms with Crippen LogP contribution < -0.4 is 4.74 Å². The van der Waals surface area contributed by atoms with Crippen LogP contribution in [0.4, 0.5) is 0 Å². The minimum absolute atomic E-state index is 0.665. The summed E-state index contributed by atoms with van der Waals surface area (Å²) < 4.78 is 5.21. The molecule has 0 saturated heterocycles. The molecule has 1 aromatic rings. The zero-order valence-electron chi connectivity index (χ0n) is 6.22. The predicted molar refractivity (Wildman–Crippen MR) is 39.0 cm³/mol. The Morgan fingerprint density at radius 2 is 2.50 bits per heavy atom. The van der Waals surface area contributed by atoms with Crippen LogP contribution in [0.2, 0.25) is 0 Å². The molecule has 0 aliphatic carbocycles. The summed E-state index contributed by atoms with van der Waals surface area (Å²) >= 11 is 0. The fourth-order valence-electron chi connectivity index (χ4n) is 0.710. The third-order valence-corrected chi connectivity index (χ3v) is 1.17. The molecule has 0 atom stereocenters. The van der Waals surface area contributed by atoms with Crippen LogP contribution in [0.15, 0.2) is 12.3 Å². The van der Waals surface area contributed by atoms with E-state index in [2.05, 4.69) is 11.1 Å². The third-order valence-electron chi connectivity index (χ3n) is 1.17. The van der Waals surface area contributed by atoms with Crippen molar-refractivity contribution in [2.24, 2.45) is 0 Å². The van der Waals surface area contributed by atoms with Crippen molar-refractivity contribution >= 4 is 0 Å². The molecule has 1 radical (unpaired) electrons. The highest BCUT2D eigenvalue weighted by Crippen LogP contribution is 2.10. The number of ether oxygens (including phenoxy) is 1. The Morgan fingerprint density at radius 3 is 3.10 bits per heavy atom. The molecular formula is C8H10NO. The standard InChI is InChI=1S/C8H10NO/c1-3-10-8-7(2)5-4-6-9-8/h5-6H,3H2,1-2H3. The SMILES string of the molecule is CCOc1nc[c]cc1C. The van der Waals surface area contributed by atoms with E-state index in [0.29, 0.717) is 12.5 Å². The average molecular weight is 136 g/mol. The first kappa shape index (κ1) is 7.06. The Labute approximate surface area is 60.9 Å². The Balaban J connectivity index is 2.81. The summed E-state index contributed by atoms with van der Waals surface area (Å²) in [4.78, 5) is 3.99. The van der Waals surface area contributed by atoms with Gasteiger partial charge in [0.1, 0.15) is 0 Å². The van der Waals surface area contributed by atoms with Gasteiger partial charge >= 0.3 is 0 Å². The molecule has 53 valence electrons. The van der Waals surface area contributed by atoms with Crippen molar-refractivity contribution < 1.29 is 4.74 Å². The number of pyridine rings is 1. The first-order valence-corrected chi connectivity index (χ1v) is 3.30. The van der Waals surface area contributed by atoms with E-state index in [0.717, 1.165) is 5.56 Å². The monoisotopic (exact) mass is 136 g/mol. The molecule has 0 aromatic carbocycles. The minimum atomic E-state index is 0.665. The first-order chi connectivity index (χ1) is 4.84. The molecule has 2 heteroatoms. The van der Waals surface area contributed by atoms with E-state index in [4.69, 9.17) is 4.74 Å². The van der Waals surface area contributed by atoms with E-state index in [1.54, 1.807) is 6.20 Å². The highest BCUT2D eigenvalue weighted by Gasteiger charge is 1.95. The van der Waals surface area contributed by atoms with Crippen molar-refractivity contribution in [2.45, 2.75) is 13.8 Å². The molecule has 0 N–H and O–H groups in total. The van der Waals surface area contributed by atoms with Crippen LogP contribution >= 0.6 is 0 Å². The van der Waals surface area contributed by atoms with Gasteiger partial charge in [-0.25, -0.2) is 4.98 Å². The van der Waals surface area contributed by atoms with Crippen LogP contribution in [0, 0.1) is 13.0 Å². The maximum absolute atomic E-state index is 5.21. The minimum Gasteiger partial charge on any atom is -0.478 e. The Bertz CT molecular complexity index is 210. The zero-order valence-corrected chi connectivity index (χ0v) is 6.22. The molecule has 0 aliphatic heterocycles. The van der Waals surface area contributed by atoms with Gasteiger partial charge in [-0.1, -0.05) is 0 Å². The summed E-state index contributed by atoms with van der Waals surface area (Å²) in [5.74, 6) is 0.709. The first-order valence-electron chi connectivity index (χ1n) is 3.30. The lowest BCUT2D eigenvalue weighted by Crippen LogP contribution is -1.95. The molecule has 0 fully saturated rings. The van der Waals surface area contributed by atoms with Crippen molar-refractivity contribution in [3.8, 4) is 5.88 Å². The van der Waals surface area contributed by atoms with Crippen LogP contribution in [0.5, 0.6) is 5.88 Å². The third kappa shape index (κ3) is 1.47. The molecule has 0 aliphatic rings. The summed E-state index contributed by atoms with van der Waals surface area (Å²) in [7, 11) is 0. The van der Waals surface area contributed by atoms with Gasteiger partial charge in [-0.15, -0.1) is 0 Å². The Kier molecular flexibility index (Phi) is 2.26. The molecule has 1 rings (SSSR count). The quantitative estimate of drug-likeness (QED) is 0.616. The van der Waals surface area contributed by atoms with Crippen molar-refractivity contribution in [2.75, 3.05) is 6.61 Å². The molecule has 0 saturated carbocycles. The molecule has 1 heterocycles. The van der Waals surface area contributed by atoms with Gasteiger partial charge in [0.15, 0.2) is 0 Å². The van der Waals surface area contributed by atoms with Crippen molar-refractivity contribution in [1.82, 2.24) is 4.98 Å². The maximum Gasteiger partial charge on any atom is 0.216 e. The second kappa shape index (κ2) is 3.20. The smallest absolute Gasteiger partial charge is 0.216 e. The lowest BCUT2D eigenvalue weighted by molar-refractivity contribution is 0.324. The van der Waals surface area contributed by atoms with Gasteiger partial charge in [-0.3, -0.25) is 0 Å². The lowest BCUT2D eigenvalue weighted by atomic mass is 10.3. The highest BCUT2D eigenvalue weighted by atomic mass is 16.5. The van der Waals surface area contributed by atoms with E-state index in [9.17, 15) is 0 Å². The van der Waals surface area contributed by atoms with Crippen molar-refractivity contribution in [3.05, 3.63) is 23.9 Å². The van der Waals surface area contributed by atoms with Crippen LogP contribution in [-0.2, 0) is 0 Å². The molecule has 0 unspecified atom stereocenters. The Morgan fingerprint density at radius 1 is 1.70 bits per heavy atom. The van der Waals surface area contributed by atoms with E-state index >= 15 is 0 Å². The Hall–Kier alpha value is -1.05. The molecular weight excluding hydrogens is 126 g/mol. The summed E-state index contributed by atoms with van der Waals surface area (Å²) in [6.45, 7) is 4.56. The topological polar surface area (TPSA) is 22.1 Å². The second-order valence-electron chi connectivity index (χ2n) is 1.99. The summed E-state index contributed by atoms with van der Waals surface area (Å²) in [5, 5.41) is 0. The van der Waals surface area contributed by atoms with E-state index in [1.165, 1.54) is 0 Å². The number of aromatic nitrogens is 1. The average Bonchev–Trinajstić information content (AvgIpc) is 1.94. The van der Waals surface area contributed by atoms with Crippen molar-refractivity contribution in [1.29, 1.82) is 0 Å². The summed E-state index contributed by atoms with van der Waals surface area (Å²) in [6, 6.07) is 4.73. The summed E-state index contributed by atoms with van der Waals surface area (Å²) in [6.07, 6.45) is 1.61. The van der Waals surface area contributed by atoms with Gasteiger partial charge < -0.3 is 4.74 Å². The van der Waals surface area contributed by atoms with Gasteiger partial charge in [0.2, 0.25) is 5.88 Å². The molecule has 0 bridgehead atoms. The van der Waals surface area contributed by atoms with Crippen LogP contribution in [0.25, 0.3) is 0 Å². The normalized spacial score (nSPS) is 9.40. The fourth-order valence-corrected chi connectivity index (χ4v) is 0.710. The van der Waals surface area contributed by atoms with Crippen molar-refractivity contribution in [3.63, 3.8) is 0 Å². The van der Waals surface area contributed by atoms with Gasteiger partial charge in [0, 0.05) is 17.8 Å². The highest BCUT2D eigenvalue weighted by molar-refractivity contribution is 5.22. The molecule has 0 amide bonds. The largest absolute Gasteiger partial charge is 0.478 e. The number of hydrogen-bond donors (Lipinski definition) is 0. The van der Waals surface area contributed by atoms with Gasteiger partial charge in [0.05, 0.1) is 6.61 Å². The predicted octanol–water partition coefficient (Wildman–Crippen LogP) is 1.59. The fraction of sp³-hybridized carbons (Fsp3) is 0.375. The second-order valence-corrected chi connectivity index (χ2v) is 1.99. The summed E-state index contributed by atoms with van der Waals surface area (Å²) in [5.41, 5.74) is 1.03. The molecule has 1 aromatic heterocycles. The van der Waals surface area contributed by atoms with Crippen LogP contribution in [-0.4, -0.2) is 11.6 Å². The van der Waals surface area contributed by atoms with Gasteiger partial charge in [0.25, 0.3) is 0 Å². The maximum atomic E-state index is 5.21. The number of rotatable bonds is 2. The molecule has 10 heavy (non-hydrogen) atoms. The molecule has 2 nitrogen and oxygen atoms in total. The van der Waals surface area contributed by atoms with Gasteiger partial charge in [-0.05, 0) is 19.9 Å². The number of nitrogens with zero attached hydrogens (tertiary/aromatic N) is 1. The molecule has 0 spiro atoms. The van der Waals surface area contributed by atoms with E-state index < -0.39 is 0 Å². The number of aryl methyl sites for hydroxylation is 1. The number of hydrogen-bond acceptors (Lipinski definition) is 2. The van der Waals surface area contributed by atoms with Gasteiger partial charge in [-0.2, -0.15) is 0 Å². The lowest BCUT2D eigenvalue weighted by Gasteiger charge is -2.02. The zero-order chi connectivity index (χ0) is 7.40. The van der Waals surface area contributed by atoms with E-state index in [-0.39, 0.29) is 0 Å².